The number of anilines is 1. The molecule has 1 aromatic heterocycles. The smallest absolute Gasteiger partial charge is 0.337 e. The van der Waals surface area contributed by atoms with E-state index in [1.165, 1.54) is 6.07 Å². The van der Waals surface area contributed by atoms with E-state index in [1.807, 2.05) is 30.3 Å². The maximum atomic E-state index is 12.4. The molecule has 2 unspecified atom stereocenters. The van der Waals surface area contributed by atoms with Gasteiger partial charge in [-0.3, -0.25) is 4.79 Å². The molecule has 192 valence electrons. The number of hydrogen-bond donors (Lipinski definition) is 2. The first-order valence-electron chi connectivity index (χ1n) is 12.5. The van der Waals surface area contributed by atoms with Crippen LogP contribution in [-0.4, -0.2) is 28.1 Å². The fraction of sp³-hybridized carbons (Fsp3) is 0.194. The summed E-state index contributed by atoms with van der Waals surface area (Å²) in [5.74, 6) is 0.990. The zero-order valence-electron chi connectivity index (χ0n) is 21.0. The van der Waals surface area contributed by atoms with Crippen LogP contribution in [0.2, 0.25) is 0 Å². The number of allylic oxidation sites excluding steroid dienone is 1. The summed E-state index contributed by atoms with van der Waals surface area (Å²) in [5, 5.41) is 14.0. The summed E-state index contributed by atoms with van der Waals surface area (Å²) in [6.07, 6.45) is 8.20. The fourth-order valence-corrected chi connectivity index (χ4v) is 4.46. The molecule has 7 nitrogen and oxygen atoms in total. The number of fused-ring (bicyclic) bond motifs is 1. The van der Waals surface area contributed by atoms with Crippen molar-refractivity contribution >= 4 is 28.3 Å². The van der Waals surface area contributed by atoms with Crippen LogP contribution in [0, 0.1) is 5.92 Å². The molecule has 7 heteroatoms. The normalized spacial score (nSPS) is 16.7. The molecule has 0 bridgehead atoms. The number of ether oxygens (including phenoxy) is 2. The molecule has 4 aromatic rings. The second-order valence-corrected chi connectivity index (χ2v) is 9.43. The number of rotatable bonds is 8. The number of pyridine rings is 1. The van der Waals surface area contributed by atoms with Gasteiger partial charge in [0.2, 0.25) is 11.8 Å². The van der Waals surface area contributed by atoms with E-state index in [4.69, 9.17) is 9.47 Å². The number of nitrogens with zero attached hydrogens (tertiary/aromatic N) is 1. The van der Waals surface area contributed by atoms with Crippen LogP contribution in [0.5, 0.6) is 17.4 Å². The lowest BCUT2D eigenvalue weighted by atomic mass is 9.93. The van der Waals surface area contributed by atoms with E-state index in [0.29, 0.717) is 23.1 Å². The molecule has 1 amide bonds. The van der Waals surface area contributed by atoms with Crippen molar-refractivity contribution in [1.29, 1.82) is 0 Å². The van der Waals surface area contributed by atoms with E-state index in [9.17, 15) is 14.7 Å². The molecule has 1 heterocycles. The molecule has 2 atom stereocenters. The van der Waals surface area contributed by atoms with E-state index in [-0.39, 0.29) is 29.7 Å². The van der Waals surface area contributed by atoms with Gasteiger partial charge in [0, 0.05) is 18.7 Å². The van der Waals surface area contributed by atoms with Crippen molar-refractivity contribution in [2.24, 2.45) is 5.92 Å². The van der Waals surface area contributed by atoms with Gasteiger partial charge in [-0.25, -0.2) is 9.78 Å². The van der Waals surface area contributed by atoms with Gasteiger partial charge >= 0.3 is 5.97 Å². The van der Waals surface area contributed by atoms with Gasteiger partial charge in [0.05, 0.1) is 17.7 Å². The number of amides is 1. The first kappa shape index (κ1) is 25.0. The predicted octanol–water partition coefficient (Wildman–Crippen LogP) is 6.64. The number of carboxylic acids is 1. The van der Waals surface area contributed by atoms with Gasteiger partial charge in [0.25, 0.3) is 0 Å². The maximum absolute atomic E-state index is 12.4. The molecule has 3 aromatic carbocycles. The lowest BCUT2D eigenvalue weighted by Crippen LogP contribution is -2.26. The van der Waals surface area contributed by atoms with Crippen LogP contribution in [0.4, 0.5) is 5.69 Å². The summed E-state index contributed by atoms with van der Waals surface area (Å²) in [6, 6.07) is 21.7. The average molecular weight is 509 g/mol. The number of carbonyl (C=O) groups is 2. The van der Waals surface area contributed by atoms with E-state index in [1.54, 1.807) is 36.5 Å². The van der Waals surface area contributed by atoms with Crippen LogP contribution < -0.4 is 14.8 Å². The molecule has 1 aliphatic carbocycles. The maximum Gasteiger partial charge on any atom is 0.337 e. The molecule has 0 saturated carbocycles. The third-order valence-corrected chi connectivity index (χ3v) is 6.56. The molecule has 2 N–H and O–H groups in total. The minimum atomic E-state index is -1.10. The summed E-state index contributed by atoms with van der Waals surface area (Å²) in [6.45, 7) is 2.22. The van der Waals surface area contributed by atoms with E-state index in [2.05, 4.69) is 35.4 Å². The van der Waals surface area contributed by atoms with Gasteiger partial charge in [-0.1, -0.05) is 49.4 Å². The SMILES string of the molecule is CC1CC=CCC1Oc1ccc2cc(Oc3ccc(CC(=O)Nc4ccccc4C(=O)O)cn3)ccc2c1. The van der Waals surface area contributed by atoms with Crippen LogP contribution >= 0.6 is 0 Å². The van der Waals surface area contributed by atoms with Crippen molar-refractivity contribution in [1.82, 2.24) is 4.98 Å². The largest absolute Gasteiger partial charge is 0.490 e. The van der Waals surface area contributed by atoms with Crippen molar-refractivity contribution in [2.45, 2.75) is 32.3 Å². The number of aromatic nitrogens is 1. The fourth-order valence-electron chi connectivity index (χ4n) is 4.46. The number of hydrogen-bond acceptors (Lipinski definition) is 5. The van der Waals surface area contributed by atoms with Gasteiger partial charge in [0.15, 0.2) is 0 Å². The average Bonchev–Trinajstić information content (AvgIpc) is 2.91. The van der Waals surface area contributed by atoms with Crippen LogP contribution in [-0.2, 0) is 11.2 Å². The van der Waals surface area contributed by atoms with Crippen molar-refractivity contribution in [2.75, 3.05) is 5.32 Å². The van der Waals surface area contributed by atoms with Gasteiger partial charge in [-0.05, 0) is 65.1 Å². The van der Waals surface area contributed by atoms with E-state index in [0.717, 1.165) is 29.4 Å². The Bertz CT molecular complexity index is 1500. The third kappa shape index (κ3) is 6.00. The van der Waals surface area contributed by atoms with Crippen LogP contribution in [0.3, 0.4) is 0 Å². The first-order valence-corrected chi connectivity index (χ1v) is 12.5. The quantitative estimate of drug-likeness (QED) is 0.259. The lowest BCUT2D eigenvalue weighted by molar-refractivity contribution is -0.115. The Labute approximate surface area is 220 Å². The van der Waals surface area contributed by atoms with Crippen molar-refractivity contribution < 1.29 is 24.2 Å². The topological polar surface area (TPSA) is 97.8 Å². The number of para-hydroxylation sites is 1. The highest BCUT2D eigenvalue weighted by atomic mass is 16.5. The Morgan fingerprint density at radius 2 is 1.68 bits per heavy atom. The Hall–Kier alpha value is -4.65. The van der Waals surface area contributed by atoms with E-state index < -0.39 is 5.97 Å². The molecule has 38 heavy (non-hydrogen) atoms. The van der Waals surface area contributed by atoms with Crippen LogP contribution in [0.1, 0.15) is 35.7 Å². The molecular weight excluding hydrogens is 480 g/mol. The Kier molecular flexibility index (Phi) is 7.35. The Balaban J connectivity index is 1.20. The molecule has 0 spiro atoms. The van der Waals surface area contributed by atoms with Crippen LogP contribution in [0.25, 0.3) is 10.8 Å². The predicted molar refractivity (Wildman–Crippen MR) is 146 cm³/mol. The highest BCUT2D eigenvalue weighted by Gasteiger charge is 2.20. The molecule has 0 radical (unpaired) electrons. The molecular formula is C31H28N2O5. The van der Waals surface area contributed by atoms with Crippen molar-refractivity contribution in [3.8, 4) is 17.4 Å². The number of carbonyl (C=O) groups excluding carboxylic acids is 1. The van der Waals surface area contributed by atoms with Crippen LogP contribution in [0.15, 0.2) is 91.1 Å². The number of carboxylic acid groups (broad SMARTS) is 1. The monoisotopic (exact) mass is 508 g/mol. The van der Waals surface area contributed by atoms with Gasteiger partial charge in [0.1, 0.15) is 17.6 Å². The highest BCUT2D eigenvalue weighted by Crippen LogP contribution is 2.30. The van der Waals surface area contributed by atoms with Crippen molar-refractivity contribution in [3.63, 3.8) is 0 Å². The number of nitrogens with one attached hydrogen (secondary N) is 1. The highest BCUT2D eigenvalue weighted by molar-refractivity contribution is 6.01. The second kappa shape index (κ2) is 11.2. The minimum Gasteiger partial charge on any atom is -0.490 e. The first-order chi connectivity index (χ1) is 18.4. The zero-order chi connectivity index (χ0) is 26.5. The summed E-state index contributed by atoms with van der Waals surface area (Å²) in [7, 11) is 0. The molecule has 0 fully saturated rings. The molecule has 5 rings (SSSR count). The number of aromatic carboxylic acids is 1. The van der Waals surface area contributed by atoms with Gasteiger partial charge in [-0.2, -0.15) is 0 Å². The van der Waals surface area contributed by atoms with Gasteiger partial charge in [-0.15, -0.1) is 0 Å². The second-order valence-electron chi connectivity index (χ2n) is 9.43. The number of benzene rings is 3. The Morgan fingerprint density at radius 1 is 0.947 bits per heavy atom. The van der Waals surface area contributed by atoms with Gasteiger partial charge < -0.3 is 19.9 Å². The third-order valence-electron chi connectivity index (χ3n) is 6.56. The zero-order valence-corrected chi connectivity index (χ0v) is 21.0. The van der Waals surface area contributed by atoms with Crippen molar-refractivity contribution in [3.05, 3.63) is 102 Å². The summed E-state index contributed by atoms with van der Waals surface area (Å²) >= 11 is 0. The standard InChI is InChI=1S/C31H28N2O5/c1-20-6-2-5-9-28(20)37-24-13-11-23-18-25(14-12-22(23)17-24)38-30-15-10-21(19-32-30)16-29(34)33-27-8-4-3-7-26(27)31(35)36/h2-5,7-8,10-15,17-20,28H,6,9,16H2,1H3,(H,33,34)(H,35,36). The molecule has 0 aliphatic heterocycles. The summed E-state index contributed by atoms with van der Waals surface area (Å²) in [5.41, 5.74) is 0.975. The molecule has 0 saturated heterocycles. The Morgan fingerprint density at radius 3 is 2.42 bits per heavy atom. The minimum absolute atomic E-state index is 0.0399. The lowest BCUT2D eigenvalue weighted by Gasteiger charge is -2.26. The van der Waals surface area contributed by atoms with E-state index >= 15 is 0 Å². The molecule has 1 aliphatic rings. The summed E-state index contributed by atoms with van der Waals surface area (Å²) in [4.78, 5) is 28.1. The summed E-state index contributed by atoms with van der Waals surface area (Å²) < 4.78 is 12.2.